The van der Waals surface area contributed by atoms with Gasteiger partial charge in [-0.25, -0.2) is 18.3 Å². The summed E-state index contributed by atoms with van der Waals surface area (Å²) >= 11 is 0.722. The number of alkyl halides is 3. The van der Waals surface area contributed by atoms with Gasteiger partial charge in [0.05, 0.1) is 17.1 Å². The van der Waals surface area contributed by atoms with Gasteiger partial charge in [0.25, 0.3) is 10.0 Å². The number of carbonyl (C=O) groups excluding carboxylic acids is 2. The van der Waals surface area contributed by atoms with Crippen LogP contribution in [0.3, 0.4) is 0 Å². The summed E-state index contributed by atoms with van der Waals surface area (Å²) in [5.41, 5.74) is 6.23. The fraction of sp³-hybridized carbons (Fsp3) is 0.261. The number of phenols is 1. The van der Waals surface area contributed by atoms with Crippen molar-refractivity contribution < 1.29 is 41.1 Å². The molecule has 2 aliphatic rings. The highest BCUT2D eigenvalue weighted by Crippen LogP contribution is 2.33. The second-order valence-electron chi connectivity index (χ2n) is 8.52. The van der Waals surface area contributed by atoms with Crippen LogP contribution in [0.1, 0.15) is 22.4 Å². The number of nitrogens with two attached hydrogens (primary N) is 1. The maximum absolute atomic E-state index is 13.0. The molecule has 11 nitrogen and oxygen atoms in total. The van der Waals surface area contributed by atoms with E-state index in [-0.39, 0.29) is 52.4 Å². The number of hydroxylamine groups is 2. The van der Waals surface area contributed by atoms with E-state index in [1.807, 2.05) is 0 Å². The monoisotopic (exact) mass is 585 g/mol. The summed E-state index contributed by atoms with van der Waals surface area (Å²) in [6.07, 6.45) is -0.711. The lowest BCUT2D eigenvalue weighted by atomic mass is 10.1. The molecule has 1 amide bonds. The average molecular weight is 586 g/mol. The number of amides is 1. The maximum Gasteiger partial charge on any atom is 0.493 e. The molecule has 0 bridgehead atoms. The van der Waals surface area contributed by atoms with Gasteiger partial charge >= 0.3 is 12.1 Å². The van der Waals surface area contributed by atoms with E-state index in [2.05, 4.69) is 9.56 Å². The lowest BCUT2D eigenvalue weighted by Crippen LogP contribution is -2.41. The number of nitrogens with one attached hydrogen (secondary N) is 2. The first-order valence-corrected chi connectivity index (χ1v) is 13.6. The van der Waals surface area contributed by atoms with Crippen LogP contribution in [0, 0.1) is 5.41 Å². The Bertz CT molecular complexity index is 1490. The minimum absolute atomic E-state index is 0.0265. The van der Waals surface area contributed by atoms with Crippen LogP contribution in [0.25, 0.3) is 5.70 Å². The van der Waals surface area contributed by atoms with Gasteiger partial charge in [-0.2, -0.15) is 17.9 Å². The Morgan fingerprint density at radius 3 is 2.72 bits per heavy atom. The van der Waals surface area contributed by atoms with Crippen molar-refractivity contribution in [3.8, 4) is 5.75 Å². The largest absolute Gasteiger partial charge is 0.508 e. The Labute approximate surface area is 224 Å². The summed E-state index contributed by atoms with van der Waals surface area (Å²) < 4.78 is 66.2. The zero-order valence-corrected chi connectivity index (χ0v) is 21.6. The maximum atomic E-state index is 13.0. The number of benzene rings is 1. The van der Waals surface area contributed by atoms with Crippen LogP contribution in [-0.4, -0.2) is 66.5 Å². The molecule has 1 aromatic heterocycles. The normalized spacial score (nSPS) is 17.9. The fourth-order valence-corrected chi connectivity index (χ4v) is 6.45. The van der Waals surface area contributed by atoms with Gasteiger partial charge in [-0.05, 0) is 42.8 Å². The molecule has 0 spiro atoms. The molecular formula is C23H22F3N5O6S2. The first kappa shape index (κ1) is 28.1. The molecule has 2 aromatic rings. The van der Waals surface area contributed by atoms with Gasteiger partial charge < -0.3 is 20.6 Å². The van der Waals surface area contributed by atoms with Gasteiger partial charge in [-0.15, -0.1) is 11.3 Å². The Balaban J connectivity index is 1.45. The number of nitrogen functional groups attached to an aromatic ring is 1. The molecule has 0 aliphatic carbocycles. The number of carbonyl (C=O) groups is 2. The lowest BCUT2D eigenvalue weighted by molar-refractivity contribution is -0.226. The number of rotatable bonds is 8. The average Bonchev–Trinajstić information content (AvgIpc) is 3.48. The molecule has 4 rings (SSSR count). The summed E-state index contributed by atoms with van der Waals surface area (Å²) in [5, 5.41) is 18.4. The third kappa shape index (κ3) is 6.23. The first-order valence-electron chi connectivity index (χ1n) is 11.3. The molecule has 16 heteroatoms. The van der Waals surface area contributed by atoms with Crippen LogP contribution in [0.2, 0.25) is 0 Å². The summed E-state index contributed by atoms with van der Waals surface area (Å²) in [7, 11) is -4.21. The lowest BCUT2D eigenvalue weighted by Gasteiger charge is -2.25. The number of amidine groups is 1. The Hall–Kier alpha value is -3.89. The molecule has 1 fully saturated rings. The van der Waals surface area contributed by atoms with Crippen LogP contribution in [0.4, 0.5) is 13.2 Å². The molecule has 5 N–H and O–H groups in total. The van der Waals surface area contributed by atoms with Gasteiger partial charge in [0.1, 0.15) is 21.8 Å². The van der Waals surface area contributed by atoms with E-state index >= 15 is 0 Å². The topological polar surface area (TPSA) is 166 Å². The van der Waals surface area contributed by atoms with Crippen molar-refractivity contribution in [2.75, 3.05) is 13.1 Å². The van der Waals surface area contributed by atoms with Crippen molar-refractivity contribution in [3.05, 3.63) is 64.6 Å². The van der Waals surface area contributed by atoms with Crippen LogP contribution in [0.15, 0.2) is 52.8 Å². The van der Waals surface area contributed by atoms with E-state index in [9.17, 15) is 36.3 Å². The van der Waals surface area contributed by atoms with Crippen LogP contribution in [0.5, 0.6) is 5.75 Å². The van der Waals surface area contributed by atoms with E-state index in [1.165, 1.54) is 53.5 Å². The predicted octanol–water partition coefficient (Wildman–Crippen LogP) is 2.05. The molecule has 1 saturated heterocycles. The number of thiophene rings is 1. The van der Waals surface area contributed by atoms with E-state index in [1.54, 1.807) is 0 Å². The Morgan fingerprint density at radius 2 is 2.03 bits per heavy atom. The minimum Gasteiger partial charge on any atom is -0.508 e. The molecule has 3 heterocycles. The van der Waals surface area contributed by atoms with Crippen molar-refractivity contribution >= 4 is 44.8 Å². The summed E-state index contributed by atoms with van der Waals surface area (Å²) in [5.74, 6) is -3.26. The number of phenolic OH excluding ortho intramolecular Hbond substituents is 1. The highest BCUT2D eigenvalue weighted by Gasteiger charge is 2.43. The van der Waals surface area contributed by atoms with Crippen LogP contribution >= 0.6 is 11.3 Å². The summed E-state index contributed by atoms with van der Waals surface area (Å²) in [6.45, 7) is -0.00526. The third-order valence-electron chi connectivity index (χ3n) is 5.80. The van der Waals surface area contributed by atoms with Crippen molar-refractivity contribution in [1.29, 1.82) is 5.41 Å². The predicted molar refractivity (Wildman–Crippen MR) is 134 cm³/mol. The van der Waals surface area contributed by atoms with Crippen molar-refractivity contribution in [2.45, 2.75) is 29.4 Å². The number of hydrogen-bond acceptors (Lipinski definition) is 9. The second-order valence-corrected chi connectivity index (χ2v) is 11.5. The zero-order chi connectivity index (χ0) is 28.5. The summed E-state index contributed by atoms with van der Waals surface area (Å²) in [4.78, 5) is 30.2. The number of hydrogen-bond donors (Lipinski definition) is 4. The van der Waals surface area contributed by atoms with Crippen molar-refractivity contribution in [2.24, 2.45) is 5.73 Å². The molecule has 0 unspecified atom stereocenters. The minimum atomic E-state index is -5.21. The second kappa shape index (κ2) is 10.7. The third-order valence-corrected chi connectivity index (χ3v) is 8.87. The number of nitrogens with zero attached hydrogens (tertiary/aromatic N) is 2. The van der Waals surface area contributed by atoms with E-state index in [4.69, 9.17) is 11.1 Å². The van der Waals surface area contributed by atoms with E-state index in [0.29, 0.717) is 16.2 Å². The standard InChI is InChI=1S/C23H22F3N5O6S2/c24-23(25,26)22(34)37-31-9-2-1-3-16(31)18-6-7-19(38-18)39(35,36)29-15-8-10-30(21(15)33)12-14-11-13(20(27)28)4-5-17(14)32/h1-7,11,15,29,32H,8-10,12H2,(H3,27,28)/t15-/m0/s1. The van der Waals surface area contributed by atoms with Gasteiger partial charge in [0.2, 0.25) is 5.91 Å². The van der Waals surface area contributed by atoms with Gasteiger partial charge in [-0.3, -0.25) is 10.2 Å². The Kier molecular flexibility index (Phi) is 7.72. The van der Waals surface area contributed by atoms with Crippen molar-refractivity contribution in [1.82, 2.24) is 14.7 Å². The van der Waals surface area contributed by atoms with Crippen LogP contribution < -0.4 is 10.5 Å². The van der Waals surface area contributed by atoms with Gasteiger partial charge in [0.15, 0.2) is 0 Å². The molecule has 208 valence electrons. The van der Waals surface area contributed by atoms with E-state index < -0.39 is 34.1 Å². The smallest absolute Gasteiger partial charge is 0.493 e. The molecule has 39 heavy (non-hydrogen) atoms. The Morgan fingerprint density at radius 1 is 1.28 bits per heavy atom. The number of sulfonamides is 1. The first-order chi connectivity index (χ1) is 18.3. The molecule has 2 aliphatic heterocycles. The van der Waals surface area contributed by atoms with Gasteiger partial charge in [-0.1, -0.05) is 12.2 Å². The number of allylic oxidation sites excluding steroid dienone is 2. The summed E-state index contributed by atoms with van der Waals surface area (Å²) in [6, 6.07) is 5.78. The number of halogens is 3. The quantitative estimate of drug-likeness (QED) is 0.270. The molecule has 0 radical (unpaired) electrons. The molecule has 0 saturated carbocycles. The zero-order valence-electron chi connectivity index (χ0n) is 19.9. The number of aromatic hydroxyl groups is 1. The highest BCUT2D eigenvalue weighted by molar-refractivity contribution is 7.91. The molecule has 1 atom stereocenters. The SMILES string of the molecule is N=C(N)c1ccc(O)c(CN2CC[C@H](NS(=O)(=O)c3ccc(C4=CC=CCN4OC(=O)C(F)(F)F)s3)C2=O)c1. The van der Waals surface area contributed by atoms with Crippen molar-refractivity contribution in [3.63, 3.8) is 0 Å². The molecule has 1 aromatic carbocycles. The highest BCUT2D eigenvalue weighted by atomic mass is 32.2. The van der Waals surface area contributed by atoms with Gasteiger partial charge in [0, 0.05) is 24.2 Å². The van der Waals surface area contributed by atoms with Crippen LogP contribution in [-0.2, 0) is 31.0 Å². The molecular weight excluding hydrogens is 563 g/mol. The fourth-order valence-electron chi connectivity index (χ4n) is 3.88. The van der Waals surface area contributed by atoms with E-state index in [0.717, 1.165) is 11.3 Å². The number of likely N-dealkylation sites (tertiary alicyclic amines) is 1.